The maximum atomic E-state index is 13.4. The quantitative estimate of drug-likeness (QED) is 0.882. The number of amides is 1. The van der Waals surface area contributed by atoms with Gasteiger partial charge in [-0.05, 0) is 25.0 Å². The first-order chi connectivity index (χ1) is 8.16. The van der Waals surface area contributed by atoms with Crippen molar-refractivity contribution in [2.24, 2.45) is 0 Å². The van der Waals surface area contributed by atoms with Crippen LogP contribution in [0.4, 0.5) is 8.78 Å². The summed E-state index contributed by atoms with van der Waals surface area (Å²) in [5, 5.41) is 2.51. The van der Waals surface area contributed by atoms with Crippen molar-refractivity contribution in [1.29, 1.82) is 0 Å². The smallest absolute Gasteiger partial charge is 0.233 e. The second kappa shape index (κ2) is 5.49. The summed E-state index contributed by atoms with van der Waals surface area (Å²) >= 11 is 1.17. The highest BCUT2D eigenvalue weighted by Gasteiger charge is 2.22. The first-order valence-corrected chi connectivity index (χ1v) is 6.44. The summed E-state index contributed by atoms with van der Waals surface area (Å²) in [4.78, 5) is 12.0. The van der Waals surface area contributed by atoms with Gasteiger partial charge in [-0.3, -0.25) is 4.79 Å². The number of rotatable bonds is 2. The van der Waals surface area contributed by atoms with Crippen molar-refractivity contribution in [2.75, 3.05) is 6.54 Å². The summed E-state index contributed by atoms with van der Waals surface area (Å²) in [7, 11) is 0. The van der Waals surface area contributed by atoms with Crippen LogP contribution in [0, 0.1) is 11.6 Å². The molecule has 1 aromatic carbocycles. The molecule has 17 heavy (non-hydrogen) atoms. The van der Waals surface area contributed by atoms with E-state index in [2.05, 4.69) is 5.32 Å². The van der Waals surface area contributed by atoms with Crippen LogP contribution in [0.1, 0.15) is 19.3 Å². The van der Waals surface area contributed by atoms with Crippen molar-refractivity contribution >= 4 is 17.7 Å². The Morgan fingerprint density at radius 1 is 1.29 bits per heavy atom. The molecule has 0 radical (unpaired) electrons. The molecule has 0 bridgehead atoms. The van der Waals surface area contributed by atoms with Crippen molar-refractivity contribution < 1.29 is 13.6 Å². The molecule has 1 aliphatic heterocycles. The predicted octanol–water partition coefficient (Wildman–Crippen LogP) is 2.73. The lowest BCUT2D eigenvalue weighted by Gasteiger charge is -2.12. The summed E-state index contributed by atoms with van der Waals surface area (Å²) in [6, 6.07) is 3.43. The number of halogens is 2. The van der Waals surface area contributed by atoms with E-state index in [-0.39, 0.29) is 11.2 Å². The molecule has 1 aliphatic rings. The van der Waals surface area contributed by atoms with E-state index in [1.807, 2.05) is 0 Å². The fraction of sp³-hybridized carbons (Fsp3) is 0.417. The number of benzene rings is 1. The molecule has 2 rings (SSSR count). The van der Waals surface area contributed by atoms with Gasteiger partial charge in [-0.1, -0.05) is 6.42 Å². The Bertz CT molecular complexity index is 425. The summed E-state index contributed by atoms with van der Waals surface area (Å²) in [5.41, 5.74) is 0. The van der Waals surface area contributed by atoms with Gasteiger partial charge in [0.15, 0.2) is 0 Å². The van der Waals surface area contributed by atoms with Gasteiger partial charge < -0.3 is 5.32 Å². The van der Waals surface area contributed by atoms with Crippen LogP contribution in [0.25, 0.3) is 0 Å². The van der Waals surface area contributed by atoms with Crippen LogP contribution in [0.15, 0.2) is 23.1 Å². The molecule has 1 atom stereocenters. The van der Waals surface area contributed by atoms with Gasteiger partial charge in [-0.25, -0.2) is 8.78 Å². The second-order valence-electron chi connectivity index (χ2n) is 3.97. The van der Waals surface area contributed by atoms with Crippen molar-refractivity contribution in [3.8, 4) is 0 Å². The van der Waals surface area contributed by atoms with Crippen LogP contribution in [0.3, 0.4) is 0 Å². The van der Waals surface area contributed by atoms with Crippen LogP contribution in [0.5, 0.6) is 0 Å². The lowest BCUT2D eigenvalue weighted by atomic mass is 10.2. The zero-order valence-corrected chi connectivity index (χ0v) is 10.0. The predicted molar refractivity (Wildman–Crippen MR) is 62.9 cm³/mol. The molecule has 2 nitrogen and oxygen atoms in total. The maximum Gasteiger partial charge on any atom is 0.233 e. The van der Waals surface area contributed by atoms with E-state index in [0.29, 0.717) is 11.4 Å². The Hall–Kier alpha value is -1.10. The van der Waals surface area contributed by atoms with Crippen LogP contribution in [0.2, 0.25) is 0 Å². The Morgan fingerprint density at radius 3 is 2.88 bits per heavy atom. The van der Waals surface area contributed by atoms with Crippen molar-refractivity contribution in [3.63, 3.8) is 0 Å². The fourth-order valence-corrected chi connectivity index (χ4v) is 2.85. The Morgan fingerprint density at radius 2 is 2.12 bits per heavy atom. The van der Waals surface area contributed by atoms with E-state index in [0.717, 1.165) is 25.3 Å². The molecule has 92 valence electrons. The van der Waals surface area contributed by atoms with Gasteiger partial charge in [0.1, 0.15) is 11.6 Å². The number of thioether (sulfide) groups is 1. The molecule has 0 aliphatic carbocycles. The van der Waals surface area contributed by atoms with E-state index in [9.17, 15) is 13.6 Å². The third-order valence-electron chi connectivity index (χ3n) is 2.65. The second-order valence-corrected chi connectivity index (χ2v) is 5.21. The average molecular weight is 257 g/mol. The normalized spacial score (nSPS) is 20.8. The van der Waals surface area contributed by atoms with E-state index >= 15 is 0 Å². The molecular weight excluding hydrogens is 244 g/mol. The van der Waals surface area contributed by atoms with Crippen molar-refractivity contribution in [2.45, 2.75) is 29.4 Å². The molecule has 1 unspecified atom stereocenters. The lowest BCUT2D eigenvalue weighted by molar-refractivity contribution is -0.120. The number of carbonyl (C=O) groups excluding carboxylic acids is 1. The standard InChI is InChI=1S/C12H13F2NOS/c13-8-4-5-10(9(14)7-8)17-11-3-1-2-6-15-12(11)16/h4-5,7,11H,1-3,6H2,(H,15,16). The monoisotopic (exact) mass is 257 g/mol. The largest absolute Gasteiger partial charge is 0.355 e. The Labute approximate surface area is 103 Å². The number of carbonyl (C=O) groups is 1. The third-order valence-corrected chi connectivity index (χ3v) is 3.97. The molecule has 0 saturated carbocycles. The zero-order valence-electron chi connectivity index (χ0n) is 9.21. The molecule has 1 fully saturated rings. The van der Waals surface area contributed by atoms with Gasteiger partial charge in [0.2, 0.25) is 5.91 Å². The van der Waals surface area contributed by atoms with Crippen molar-refractivity contribution in [3.05, 3.63) is 29.8 Å². The Balaban J connectivity index is 2.10. The number of hydrogen-bond acceptors (Lipinski definition) is 2. The van der Waals surface area contributed by atoms with Crippen LogP contribution < -0.4 is 5.32 Å². The third kappa shape index (κ3) is 3.19. The first kappa shape index (κ1) is 12.4. The highest BCUT2D eigenvalue weighted by atomic mass is 32.2. The zero-order chi connectivity index (χ0) is 12.3. The molecule has 0 aromatic heterocycles. The molecule has 1 N–H and O–H groups in total. The molecule has 1 heterocycles. The highest BCUT2D eigenvalue weighted by Crippen LogP contribution is 2.30. The van der Waals surface area contributed by atoms with Gasteiger partial charge in [-0.15, -0.1) is 11.8 Å². The van der Waals surface area contributed by atoms with Crippen LogP contribution in [-0.2, 0) is 4.79 Å². The van der Waals surface area contributed by atoms with Crippen molar-refractivity contribution in [1.82, 2.24) is 5.32 Å². The summed E-state index contributed by atoms with van der Waals surface area (Å²) in [5.74, 6) is -1.26. The molecule has 1 saturated heterocycles. The summed E-state index contributed by atoms with van der Waals surface area (Å²) in [6.45, 7) is 0.682. The number of hydrogen-bond donors (Lipinski definition) is 1. The fourth-order valence-electron chi connectivity index (χ4n) is 1.75. The van der Waals surface area contributed by atoms with Gasteiger partial charge in [0, 0.05) is 17.5 Å². The topological polar surface area (TPSA) is 29.1 Å². The van der Waals surface area contributed by atoms with Crippen LogP contribution >= 0.6 is 11.8 Å². The minimum absolute atomic E-state index is 0.0591. The van der Waals surface area contributed by atoms with E-state index in [4.69, 9.17) is 0 Å². The van der Waals surface area contributed by atoms with Crippen LogP contribution in [-0.4, -0.2) is 17.7 Å². The maximum absolute atomic E-state index is 13.4. The molecular formula is C12H13F2NOS. The molecule has 1 amide bonds. The highest BCUT2D eigenvalue weighted by molar-refractivity contribution is 8.00. The molecule has 1 aromatic rings. The van der Waals surface area contributed by atoms with Gasteiger partial charge in [-0.2, -0.15) is 0 Å². The molecule has 0 spiro atoms. The minimum atomic E-state index is -0.605. The van der Waals surface area contributed by atoms with E-state index < -0.39 is 11.6 Å². The van der Waals surface area contributed by atoms with E-state index in [1.165, 1.54) is 23.9 Å². The van der Waals surface area contributed by atoms with E-state index in [1.54, 1.807) is 0 Å². The minimum Gasteiger partial charge on any atom is -0.355 e. The molecule has 5 heteroatoms. The van der Waals surface area contributed by atoms with Gasteiger partial charge in [0.25, 0.3) is 0 Å². The summed E-state index contributed by atoms with van der Waals surface area (Å²) in [6.07, 6.45) is 2.63. The lowest BCUT2D eigenvalue weighted by Crippen LogP contribution is -2.30. The van der Waals surface area contributed by atoms with Gasteiger partial charge >= 0.3 is 0 Å². The summed E-state index contributed by atoms with van der Waals surface area (Å²) < 4.78 is 26.2. The number of nitrogens with one attached hydrogen (secondary N) is 1. The average Bonchev–Trinajstić information content (AvgIpc) is 2.48. The van der Waals surface area contributed by atoms with Gasteiger partial charge in [0.05, 0.1) is 5.25 Å². The SMILES string of the molecule is O=C1NCCCCC1Sc1ccc(F)cc1F. The Kier molecular flexibility index (Phi) is 3.99. The first-order valence-electron chi connectivity index (χ1n) is 5.56.